The maximum absolute atomic E-state index is 14.2. The van der Waals surface area contributed by atoms with Crippen LogP contribution < -0.4 is 4.74 Å². The van der Waals surface area contributed by atoms with Crippen molar-refractivity contribution >= 4 is 17.5 Å². The zero-order valence-electron chi connectivity index (χ0n) is 18.3. The van der Waals surface area contributed by atoms with Gasteiger partial charge in [0, 0.05) is 30.8 Å². The molecule has 1 amide bonds. The number of aromatic nitrogens is 4. The van der Waals surface area contributed by atoms with Crippen LogP contribution in [-0.2, 0) is 0 Å². The molecule has 0 aliphatic carbocycles. The van der Waals surface area contributed by atoms with E-state index in [2.05, 4.69) is 26.5 Å². The van der Waals surface area contributed by atoms with E-state index < -0.39 is 5.82 Å². The molecular formula is C24H23ClFN5O2. The highest BCUT2D eigenvalue weighted by atomic mass is 35.5. The van der Waals surface area contributed by atoms with E-state index in [1.54, 1.807) is 29.4 Å². The van der Waals surface area contributed by atoms with Crippen LogP contribution in [0.5, 0.6) is 5.88 Å². The van der Waals surface area contributed by atoms with Gasteiger partial charge in [-0.3, -0.25) is 4.79 Å². The van der Waals surface area contributed by atoms with Gasteiger partial charge in [0.2, 0.25) is 0 Å². The number of halogens is 2. The van der Waals surface area contributed by atoms with E-state index in [4.69, 9.17) is 16.3 Å². The summed E-state index contributed by atoms with van der Waals surface area (Å²) in [6.07, 6.45) is 5.16. The van der Waals surface area contributed by atoms with Gasteiger partial charge in [-0.05, 0) is 43.5 Å². The summed E-state index contributed by atoms with van der Waals surface area (Å²) in [5.41, 5.74) is 2.42. The first kappa shape index (κ1) is 22.8. The number of rotatable bonds is 5. The molecule has 0 aromatic carbocycles. The summed E-state index contributed by atoms with van der Waals surface area (Å²) in [5, 5.41) is 0.181. The third kappa shape index (κ3) is 5.01. The highest BCUT2D eigenvalue weighted by molar-refractivity contribution is 6.30. The largest absolute Gasteiger partial charge is 0.473 e. The van der Waals surface area contributed by atoms with E-state index in [0.717, 1.165) is 11.6 Å². The minimum absolute atomic E-state index is 0.0674. The van der Waals surface area contributed by atoms with Crippen LogP contribution in [0.25, 0.3) is 11.4 Å². The van der Waals surface area contributed by atoms with Gasteiger partial charge in [0.25, 0.3) is 11.8 Å². The molecule has 1 aliphatic rings. The Labute approximate surface area is 196 Å². The Morgan fingerprint density at radius 2 is 2.06 bits per heavy atom. The Kier molecular flexibility index (Phi) is 6.65. The lowest BCUT2D eigenvalue weighted by atomic mass is 9.88. The average molecular weight is 468 g/mol. The fraction of sp³-hybridized carbons (Fsp3) is 0.292. The van der Waals surface area contributed by atoms with Crippen LogP contribution in [0.2, 0.25) is 5.02 Å². The van der Waals surface area contributed by atoms with E-state index in [0.29, 0.717) is 30.0 Å². The molecule has 1 aliphatic heterocycles. The third-order valence-electron chi connectivity index (χ3n) is 5.63. The number of hydrogen-bond donors (Lipinski definition) is 0. The van der Waals surface area contributed by atoms with Crippen LogP contribution in [0, 0.1) is 18.7 Å². The SMILES string of the molecule is C=C1CN(C(=O)c2nc(C)ccc2-c2ncccn2)C(COc2ncc(Cl)cc2F)CC1C. The number of likely N-dealkylation sites (tertiary alicyclic amines) is 1. The van der Waals surface area contributed by atoms with Crippen molar-refractivity contribution < 1.29 is 13.9 Å². The molecule has 3 aromatic heterocycles. The quantitative estimate of drug-likeness (QED) is 0.513. The third-order valence-corrected chi connectivity index (χ3v) is 5.83. The van der Waals surface area contributed by atoms with Crippen molar-refractivity contribution in [3.63, 3.8) is 0 Å². The number of carbonyl (C=O) groups excluding carboxylic acids is 1. The standard InChI is InChI=1S/C24H23ClFN5O2/c1-14-9-18(13-33-23-20(26)10-17(25)11-29-23)31(12-15(14)2)24(32)21-19(6-5-16(3)30-21)22-27-7-4-8-28-22/h4-8,10-11,14,18H,2,9,12-13H2,1,3H3. The van der Waals surface area contributed by atoms with Gasteiger partial charge in [-0.15, -0.1) is 0 Å². The summed E-state index contributed by atoms with van der Waals surface area (Å²) in [6.45, 7) is 8.41. The predicted octanol–water partition coefficient (Wildman–Crippen LogP) is 4.52. The summed E-state index contributed by atoms with van der Waals surface area (Å²) < 4.78 is 19.8. The van der Waals surface area contributed by atoms with Gasteiger partial charge in [0.05, 0.1) is 16.6 Å². The van der Waals surface area contributed by atoms with Crippen molar-refractivity contribution in [1.82, 2.24) is 24.8 Å². The Bertz CT molecular complexity index is 1190. The first-order valence-electron chi connectivity index (χ1n) is 10.5. The molecule has 170 valence electrons. The van der Waals surface area contributed by atoms with E-state index in [9.17, 15) is 9.18 Å². The van der Waals surface area contributed by atoms with E-state index in [1.807, 2.05) is 19.9 Å². The lowest BCUT2D eigenvalue weighted by Crippen LogP contribution is -2.49. The van der Waals surface area contributed by atoms with Gasteiger partial charge in [0.1, 0.15) is 12.3 Å². The van der Waals surface area contributed by atoms with Crippen LogP contribution in [0.1, 0.15) is 29.5 Å². The number of piperidine rings is 1. The van der Waals surface area contributed by atoms with Crippen LogP contribution in [0.4, 0.5) is 4.39 Å². The Balaban J connectivity index is 1.64. The minimum Gasteiger partial charge on any atom is -0.473 e. The van der Waals surface area contributed by atoms with Crippen molar-refractivity contribution in [2.24, 2.45) is 5.92 Å². The van der Waals surface area contributed by atoms with Crippen LogP contribution in [0.15, 0.2) is 55.0 Å². The first-order valence-corrected chi connectivity index (χ1v) is 10.9. The van der Waals surface area contributed by atoms with Crippen LogP contribution in [0.3, 0.4) is 0 Å². The van der Waals surface area contributed by atoms with Crippen molar-refractivity contribution in [3.05, 3.63) is 77.2 Å². The van der Waals surface area contributed by atoms with Crippen LogP contribution >= 0.6 is 11.6 Å². The molecule has 7 nitrogen and oxygen atoms in total. The molecule has 3 aromatic rings. The summed E-state index contributed by atoms with van der Waals surface area (Å²) in [4.78, 5) is 32.4. The molecule has 1 fully saturated rings. The Morgan fingerprint density at radius 1 is 1.30 bits per heavy atom. The van der Waals surface area contributed by atoms with Gasteiger partial charge >= 0.3 is 0 Å². The molecule has 0 N–H and O–H groups in total. The number of hydrogen-bond acceptors (Lipinski definition) is 6. The monoisotopic (exact) mass is 467 g/mol. The van der Waals surface area contributed by atoms with Gasteiger partial charge in [-0.2, -0.15) is 0 Å². The van der Waals surface area contributed by atoms with Crippen molar-refractivity contribution in [2.75, 3.05) is 13.2 Å². The maximum Gasteiger partial charge on any atom is 0.273 e. The van der Waals surface area contributed by atoms with E-state index >= 15 is 0 Å². The van der Waals surface area contributed by atoms with Gasteiger partial charge in [0.15, 0.2) is 11.6 Å². The number of ether oxygens (including phenoxy) is 1. The average Bonchev–Trinajstić information content (AvgIpc) is 2.80. The first-order chi connectivity index (χ1) is 15.8. The van der Waals surface area contributed by atoms with Crippen LogP contribution in [-0.4, -0.2) is 49.9 Å². The maximum atomic E-state index is 14.2. The summed E-state index contributed by atoms with van der Waals surface area (Å²) >= 11 is 5.77. The molecule has 0 bridgehead atoms. The molecule has 4 rings (SSSR count). The van der Waals surface area contributed by atoms with Gasteiger partial charge < -0.3 is 9.64 Å². The lowest BCUT2D eigenvalue weighted by molar-refractivity contribution is 0.0535. The molecule has 0 radical (unpaired) electrons. The number of carbonyl (C=O) groups is 1. The second-order valence-electron chi connectivity index (χ2n) is 8.05. The smallest absolute Gasteiger partial charge is 0.273 e. The van der Waals surface area contributed by atoms with Gasteiger partial charge in [-0.1, -0.05) is 30.7 Å². The summed E-state index contributed by atoms with van der Waals surface area (Å²) in [7, 11) is 0. The van der Waals surface area contributed by atoms with Crippen molar-refractivity contribution in [2.45, 2.75) is 26.3 Å². The van der Waals surface area contributed by atoms with E-state index in [1.165, 1.54) is 6.20 Å². The molecule has 4 heterocycles. The fourth-order valence-corrected chi connectivity index (χ4v) is 3.90. The zero-order chi connectivity index (χ0) is 23.5. The highest BCUT2D eigenvalue weighted by Crippen LogP contribution is 2.30. The molecule has 33 heavy (non-hydrogen) atoms. The summed E-state index contributed by atoms with van der Waals surface area (Å²) in [6, 6.07) is 6.13. The minimum atomic E-state index is -0.655. The molecule has 1 saturated heterocycles. The number of aryl methyl sites for hydroxylation is 1. The topological polar surface area (TPSA) is 81.1 Å². The normalized spacial score (nSPS) is 18.3. The molecule has 2 atom stereocenters. The van der Waals surface area contributed by atoms with Gasteiger partial charge in [-0.25, -0.2) is 24.3 Å². The summed E-state index contributed by atoms with van der Waals surface area (Å²) in [5.74, 6) is -0.508. The number of pyridine rings is 2. The second-order valence-corrected chi connectivity index (χ2v) is 8.49. The number of nitrogens with zero attached hydrogens (tertiary/aromatic N) is 5. The Hall–Kier alpha value is -3.39. The molecule has 0 saturated carbocycles. The highest BCUT2D eigenvalue weighted by Gasteiger charge is 2.35. The molecule has 0 spiro atoms. The lowest BCUT2D eigenvalue weighted by Gasteiger charge is -2.39. The Morgan fingerprint density at radius 3 is 2.79 bits per heavy atom. The van der Waals surface area contributed by atoms with Crippen molar-refractivity contribution in [1.29, 1.82) is 0 Å². The number of amides is 1. The molecule has 9 heteroatoms. The molecular weight excluding hydrogens is 445 g/mol. The van der Waals surface area contributed by atoms with E-state index in [-0.39, 0.29) is 41.1 Å². The molecule has 2 unspecified atom stereocenters. The second kappa shape index (κ2) is 9.62. The predicted molar refractivity (Wildman–Crippen MR) is 122 cm³/mol. The fourth-order valence-electron chi connectivity index (χ4n) is 3.76. The van der Waals surface area contributed by atoms with Crippen molar-refractivity contribution in [3.8, 4) is 17.3 Å². The zero-order valence-corrected chi connectivity index (χ0v) is 19.1.